The molecule has 3 heteroatoms. The van der Waals surface area contributed by atoms with Gasteiger partial charge in [-0.1, -0.05) is 62.4 Å². The largest absolute Gasteiger partial charge is 0.305 e. The van der Waals surface area contributed by atoms with Gasteiger partial charge in [0.15, 0.2) is 0 Å². The van der Waals surface area contributed by atoms with Crippen LogP contribution in [0.3, 0.4) is 0 Å². The van der Waals surface area contributed by atoms with E-state index < -0.39 is 0 Å². The quantitative estimate of drug-likeness (QED) is 0.173. The molecule has 0 amide bonds. The first kappa shape index (κ1) is 25.7. The van der Waals surface area contributed by atoms with Gasteiger partial charge in [0.05, 0.1) is 0 Å². The minimum absolute atomic E-state index is 0. The summed E-state index contributed by atoms with van der Waals surface area (Å²) in [6.45, 7) is 4.64. The second-order valence-electron chi connectivity index (χ2n) is 9.68. The molecule has 0 spiro atoms. The van der Waals surface area contributed by atoms with Gasteiger partial charge in [-0.3, -0.25) is 0 Å². The molecule has 1 radical (unpaired) electrons. The van der Waals surface area contributed by atoms with Gasteiger partial charge < -0.3 is 9.97 Å². The Hall–Kier alpha value is -3.91. The van der Waals surface area contributed by atoms with Crippen LogP contribution in [0.2, 0.25) is 0 Å². The minimum Gasteiger partial charge on any atom is -0.305 e. The summed E-state index contributed by atoms with van der Waals surface area (Å²) in [6, 6.07) is 43.6. The number of aromatic nitrogens is 2. The number of benzene rings is 4. The van der Waals surface area contributed by atoms with E-state index in [1.165, 1.54) is 33.0 Å². The Bertz CT molecular complexity index is 1640. The molecule has 0 aliphatic heterocycles. The first-order valence-corrected chi connectivity index (χ1v) is 12.5. The fourth-order valence-electron chi connectivity index (χ4n) is 5.43. The summed E-state index contributed by atoms with van der Waals surface area (Å²) in [7, 11) is 0. The van der Waals surface area contributed by atoms with Crippen molar-refractivity contribution in [3.05, 3.63) is 145 Å². The van der Waals surface area contributed by atoms with Crippen LogP contribution in [0.5, 0.6) is 0 Å². The Morgan fingerprint density at radius 1 is 0.579 bits per heavy atom. The van der Waals surface area contributed by atoms with Gasteiger partial charge >= 0.3 is 0 Å². The Morgan fingerprint density at radius 3 is 1.97 bits per heavy atom. The van der Waals surface area contributed by atoms with E-state index in [0.29, 0.717) is 0 Å². The summed E-state index contributed by atoms with van der Waals surface area (Å²) in [5.74, 6) is 0. The van der Waals surface area contributed by atoms with Crippen molar-refractivity contribution in [2.75, 3.05) is 0 Å². The maximum atomic E-state index is 4.75. The molecule has 0 atom stereocenters. The Morgan fingerprint density at radius 2 is 1.26 bits per heavy atom. The van der Waals surface area contributed by atoms with Crippen LogP contribution in [0.25, 0.3) is 44.4 Å². The fourth-order valence-corrected chi connectivity index (χ4v) is 5.43. The predicted octanol–water partition coefficient (Wildman–Crippen LogP) is 8.55. The molecule has 1 aliphatic carbocycles. The molecule has 0 saturated carbocycles. The zero-order valence-electron chi connectivity index (χ0n) is 21.3. The molecule has 187 valence electrons. The second-order valence-corrected chi connectivity index (χ2v) is 9.68. The van der Waals surface area contributed by atoms with E-state index in [4.69, 9.17) is 4.98 Å². The smallest absolute Gasteiger partial charge is 0.0167 e. The predicted molar refractivity (Wildman–Crippen MR) is 152 cm³/mol. The first-order valence-electron chi connectivity index (χ1n) is 12.5. The molecule has 4 aromatic carbocycles. The van der Waals surface area contributed by atoms with Crippen molar-refractivity contribution in [1.82, 2.24) is 9.97 Å². The normalized spacial score (nSPS) is 12.5. The number of hydrogen-bond acceptors (Lipinski definition) is 2. The van der Waals surface area contributed by atoms with Crippen LogP contribution in [0, 0.1) is 12.1 Å². The topological polar surface area (TPSA) is 25.8 Å². The SMILES string of the molecule is CC1(C)c2c(ccnc2-c2[c-]cccc2)-c2ccc3ccccc3c21.[Ir].[c-]1ccccc1-c1ccccn1. The van der Waals surface area contributed by atoms with Gasteiger partial charge in [-0.2, -0.15) is 0 Å². The van der Waals surface area contributed by atoms with Crippen LogP contribution in [-0.4, -0.2) is 9.97 Å². The molecule has 0 saturated heterocycles. The van der Waals surface area contributed by atoms with Gasteiger partial charge in [-0.25, -0.2) is 0 Å². The summed E-state index contributed by atoms with van der Waals surface area (Å²) in [4.78, 5) is 8.97. The van der Waals surface area contributed by atoms with E-state index in [-0.39, 0.29) is 25.5 Å². The average molecular weight is 667 g/mol. The van der Waals surface area contributed by atoms with Gasteiger partial charge in [-0.15, -0.1) is 71.8 Å². The van der Waals surface area contributed by atoms with Crippen LogP contribution in [0.4, 0.5) is 0 Å². The summed E-state index contributed by atoms with van der Waals surface area (Å²) in [6.07, 6.45) is 3.71. The van der Waals surface area contributed by atoms with Crippen LogP contribution in [0.1, 0.15) is 25.0 Å². The molecule has 1 aliphatic rings. The summed E-state index contributed by atoms with van der Waals surface area (Å²) >= 11 is 0. The average Bonchev–Trinajstić information content (AvgIpc) is 3.22. The van der Waals surface area contributed by atoms with E-state index in [2.05, 4.69) is 85.6 Å². The molecule has 6 aromatic rings. The van der Waals surface area contributed by atoms with E-state index in [1.54, 1.807) is 6.20 Å². The van der Waals surface area contributed by atoms with Gasteiger partial charge in [-0.05, 0) is 56.5 Å². The van der Waals surface area contributed by atoms with Crippen LogP contribution in [-0.2, 0) is 25.5 Å². The Balaban J connectivity index is 0.000000191. The van der Waals surface area contributed by atoms with Crippen molar-refractivity contribution >= 4 is 10.8 Å². The number of rotatable bonds is 2. The molecule has 0 bridgehead atoms. The van der Waals surface area contributed by atoms with E-state index >= 15 is 0 Å². The summed E-state index contributed by atoms with van der Waals surface area (Å²) in [5, 5.41) is 2.63. The minimum atomic E-state index is -0.0984. The molecular formula is C35H26IrN2-2. The van der Waals surface area contributed by atoms with Crippen LogP contribution in [0.15, 0.2) is 122 Å². The fraction of sp³-hybridized carbons (Fsp3) is 0.0857. The van der Waals surface area contributed by atoms with Gasteiger partial charge in [0.25, 0.3) is 0 Å². The Kier molecular flexibility index (Phi) is 7.33. The molecule has 0 unspecified atom stereocenters. The summed E-state index contributed by atoms with van der Waals surface area (Å²) < 4.78 is 0. The number of hydrogen-bond donors (Lipinski definition) is 0. The zero-order chi connectivity index (χ0) is 25.2. The third-order valence-corrected chi connectivity index (χ3v) is 7.03. The Labute approximate surface area is 237 Å². The first-order chi connectivity index (χ1) is 18.1. The van der Waals surface area contributed by atoms with Crippen LogP contribution >= 0.6 is 0 Å². The molecule has 2 nitrogen and oxygen atoms in total. The van der Waals surface area contributed by atoms with Gasteiger partial charge in [0, 0.05) is 37.9 Å². The molecule has 38 heavy (non-hydrogen) atoms. The van der Waals surface area contributed by atoms with E-state index in [1.807, 2.05) is 60.8 Å². The number of nitrogens with zero attached hydrogens (tertiary/aromatic N) is 2. The molecular weight excluding hydrogens is 641 g/mol. The molecule has 0 N–H and O–H groups in total. The second kappa shape index (κ2) is 10.8. The number of pyridine rings is 2. The van der Waals surface area contributed by atoms with Crippen molar-refractivity contribution < 1.29 is 20.1 Å². The van der Waals surface area contributed by atoms with E-state index in [0.717, 1.165) is 22.5 Å². The van der Waals surface area contributed by atoms with Crippen molar-refractivity contribution in [2.45, 2.75) is 19.3 Å². The third kappa shape index (κ3) is 4.60. The van der Waals surface area contributed by atoms with Crippen molar-refractivity contribution in [1.29, 1.82) is 0 Å². The zero-order valence-corrected chi connectivity index (χ0v) is 23.7. The van der Waals surface area contributed by atoms with Gasteiger partial charge in [0.1, 0.15) is 0 Å². The standard InChI is InChI=1S/C24H18N.C11H8N.Ir/c1-24(2)21-18-11-7-6-8-16(18)12-13-19(21)20-14-15-25-23(22(20)24)17-9-4-3-5-10-17;1-2-6-10(7-3-1)11-8-4-5-9-12-11;/h3-9,11-15H,1-2H3;1-6,8-9H;/q2*-1;. The van der Waals surface area contributed by atoms with Gasteiger partial charge in [0.2, 0.25) is 0 Å². The molecule has 2 aromatic heterocycles. The van der Waals surface area contributed by atoms with Crippen molar-refractivity contribution in [3.8, 4) is 33.6 Å². The van der Waals surface area contributed by atoms with Crippen molar-refractivity contribution in [2.24, 2.45) is 0 Å². The monoisotopic (exact) mass is 667 g/mol. The van der Waals surface area contributed by atoms with Crippen LogP contribution < -0.4 is 0 Å². The number of fused-ring (bicyclic) bond motifs is 5. The summed E-state index contributed by atoms with van der Waals surface area (Å²) in [5.41, 5.74) is 9.36. The van der Waals surface area contributed by atoms with E-state index in [9.17, 15) is 0 Å². The third-order valence-electron chi connectivity index (χ3n) is 7.03. The maximum Gasteiger partial charge on any atom is 0.0167 e. The molecule has 2 heterocycles. The maximum absolute atomic E-state index is 4.75. The van der Waals surface area contributed by atoms with Crippen molar-refractivity contribution in [3.63, 3.8) is 0 Å². The molecule has 0 fully saturated rings. The molecule has 7 rings (SSSR count).